The van der Waals surface area contributed by atoms with Crippen molar-refractivity contribution in [2.45, 2.75) is 72.1 Å². The van der Waals surface area contributed by atoms with Crippen LogP contribution in [0.1, 0.15) is 51.7 Å². The molecule has 4 aromatic rings. The number of thiol groups is 1. The number of carbonyl (C=O) groups excluding carboxylic acids is 1. The minimum absolute atomic E-state index is 0.208. The Hall–Kier alpha value is -3.35. The molecule has 1 amide bonds. The number of hydrogen-bond donors (Lipinski definition) is 1. The summed E-state index contributed by atoms with van der Waals surface area (Å²) in [5.74, 6) is 0.532. The number of para-hydroxylation sites is 1. The van der Waals surface area contributed by atoms with E-state index in [0.717, 1.165) is 39.3 Å². The molecule has 0 aliphatic carbocycles. The average Bonchev–Trinajstić information content (AvgIpc) is 3.75. The van der Waals surface area contributed by atoms with Gasteiger partial charge in [0.2, 0.25) is 5.91 Å². The third-order valence-electron chi connectivity index (χ3n) is 7.38. The number of aryl methyl sites for hydroxylation is 3. The molecule has 12 heteroatoms. The van der Waals surface area contributed by atoms with Gasteiger partial charge in [-0.2, -0.15) is 5.10 Å². The summed E-state index contributed by atoms with van der Waals surface area (Å²) in [5.41, 5.74) is -0.579. The van der Waals surface area contributed by atoms with Crippen LogP contribution in [-0.2, 0) is 27.5 Å². The molecular weight excluding hydrogens is 574 g/mol. The standard InChI is InChI=1S/C27H31N5O4S.C3H8OS/c1-18-21-22(33)32(27(2,3)25(34)29-14-7-8-15-29)26(35)30(17-12-19-10-5-6-11-20(19)36-4)24(21)37-23(18)31-16-9-13-28-31;1-3(2)4-5/h5-6,9-11,13,16H,7-8,12,14-15,17H2,1-4H3;3,5H,1-2H3. The van der Waals surface area contributed by atoms with Gasteiger partial charge in [0.25, 0.3) is 5.56 Å². The summed E-state index contributed by atoms with van der Waals surface area (Å²) in [5, 5.41) is 5.56. The Morgan fingerprint density at radius 1 is 1.14 bits per heavy atom. The number of fused-ring (bicyclic) bond motifs is 1. The summed E-state index contributed by atoms with van der Waals surface area (Å²) in [7, 11) is 1.62. The van der Waals surface area contributed by atoms with Gasteiger partial charge in [0.15, 0.2) is 0 Å². The van der Waals surface area contributed by atoms with E-state index >= 15 is 0 Å². The summed E-state index contributed by atoms with van der Waals surface area (Å²) in [6.45, 7) is 10.7. The smallest absolute Gasteiger partial charge is 0.333 e. The van der Waals surface area contributed by atoms with Crippen LogP contribution < -0.4 is 16.0 Å². The Kier molecular flexibility index (Phi) is 10.0. The van der Waals surface area contributed by atoms with E-state index in [4.69, 9.17) is 4.74 Å². The molecule has 0 saturated carbocycles. The summed E-state index contributed by atoms with van der Waals surface area (Å²) in [6.07, 6.45) is 6.11. The van der Waals surface area contributed by atoms with Crippen LogP contribution in [0.2, 0.25) is 0 Å². The fraction of sp³-hybridized carbons (Fsp3) is 0.467. The molecule has 0 atom stereocenters. The van der Waals surface area contributed by atoms with Crippen molar-refractivity contribution < 1.29 is 13.7 Å². The second-order valence-corrected chi connectivity index (χ2v) is 12.2. The maximum absolute atomic E-state index is 14.1. The van der Waals surface area contributed by atoms with Gasteiger partial charge in [0.05, 0.1) is 18.6 Å². The monoisotopic (exact) mass is 613 g/mol. The number of amides is 1. The van der Waals surface area contributed by atoms with Gasteiger partial charge < -0.3 is 13.8 Å². The predicted molar refractivity (Wildman–Crippen MR) is 169 cm³/mol. The van der Waals surface area contributed by atoms with Crippen molar-refractivity contribution in [3.05, 3.63) is 74.7 Å². The number of benzene rings is 1. The van der Waals surface area contributed by atoms with Crippen molar-refractivity contribution in [2.24, 2.45) is 0 Å². The Balaban J connectivity index is 0.000000748. The minimum Gasteiger partial charge on any atom is -0.496 e. The number of methoxy groups -OCH3 is 1. The van der Waals surface area contributed by atoms with Crippen LogP contribution in [0.3, 0.4) is 0 Å². The van der Waals surface area contributed by atoms with Crippen molar-refractivity contribution in [1.82, 2.24) is 23.8 Å². The third-order valence-corrected chi connectivity index (χ3v) is 9.11. The SMILES string of the molecule is CC(C)OS.COc1ccccc1CCn1c(=O)n(C(C)(C)C(=O)N2CCCC2)c(=O)c2c(C)c(-n3cccn3)sc21. The first-order chi connectivity index (χ1) is 20.0. The summed E-state index contributed by atoms with van der Waals surface area (Å²) in [6, 6.07) is 9.50. The molecule has 1 aliphatic heterocycles. The lowest BCUT2D eigenvalue weighted by molar-refractivity contribution is -0.138. The molecule has 226 valence electrons. The highest BCUT2D eigenvalue weighted by Gasteiger charge is 2.39. The topological polar surface area (TPSA) is 101 Å². The van der Waals surface area contributed by atoms with Gasteiger partial charge in [-0.15, -0.1) is 0 Å². The summed E-state index contributed by atoms with van der Waals surface area (Å²) >= 11 is 4.87. The molecule has 3 aromatic heterocycles. The fourth-order valence-electron chi connectivity index (χ4n) is 5.18. The van der Waals surface area contributed by atoms with Crippen LogP contribution in [-0.4, -0.2) is 56.0 Å². The number of carbonyl (C=O) groups is 1. The highest BCUT2D eigenvalue weighted by atomic mass is 32.1. The number of rotatable bonds is 8. The van der Waals surface area contributed by atoms with E-state index in [1.807, 2.05) is 57.3 Å². The van der Waals surface area contributed by atoms with E-state index in [0.29, 0.717) is 36.3 Å². The first-order valence-electron chi connectivity index (χ1n) is 14.0. The lowest BCUT2D eigenvalue weighted by Crippen LogP contribution is -2.56. The van der Waals surface area contributed by atoms with Crippen LogP contribution in [0.4, 0.5) is 0 Å². The highest BCUT2D eigenvalue weighted by molar-refractivity contribution is 7.75. The molecule has 5 rings (SSSR count). The van der Waals surface area contributed by atoms with Crippen molar-refractivity contribution in [2.75, 3.05) is 20.2 Å². The molecule has 1 fully saturated rings. The van der Waals surface area contributed by atoms with Crippen molar-refractivity contribution in [1.29, 1.82) is 0 Å². The Morgan fingerprint density at radius 2 is 1.81 bits per heavy atom. The van der Waals surface area contributed by atoms with Gasteiger partial charge in [0.1, 0.15) is 21.1 Å². The van der Waals surface area contributed by atoms with Crippen LogP contribution in [0.15, 0.2) is 52.3 Å². The molecular formula is C30H39N5O5S2. The van der Waals surface area contributed by atoms with Crippen LogP contribution in [0.5, 0.6) is 5.75 Å². The van der Waals surface area contributed by atoms with E-state index in [1.54, 1.807) is 41.3 Å². The highest BCUT2D eigenvalue weighted by Crippen LogP contribution is 2.32. The first kappa shape index (κ1) is 31.6. The minimum atomic E-state index is -1.33. The maximum Gasteiger partial charge on any atom is 0.333 e. The molecule has 1 saturated heterocycles. The number of hydrogen-bond acceptors (Lipinski definition) is 8. The van der Waals surface area contributed by atoms with Gasteiger partial charge in [-0.1, -0.05) is 29.5 Å². The quantitative estimate of drug-likeness (QED) is 0.231. The van der Waals surface area contributed by atoms with E-state index in [1.165, 1.54) is 11.3 Å². The summed E-state index contributed by atoms with van der Waals surface area (Å²) in [4.78, 5) is 43.9. The molecule has 0 unspecified atom stereocenters. The lowest BCUT2D eigenvalue weighted by atomic mass is 10.0. The number of likely N-dealkylation sites (tertiary alicyclic amines) is 1. The molecule has 0 spiro atoms. The van der Waals surface area contributed by atoms with Crippen molar-refractivity contribution in [3.8, 4) is 10.8 Å². The molecule has 0 bridgehead atoms. The van der Waals surface area contributed by atoms with Gasteiger partial charge in [0, 0.05) is 37.6 Å². The van der Waals surface area contributed by atoms with Gasteiger partial charge in [-0.3, -0.25) is 14.2 Å². The number of thiophene rings is 1. The molecule has 42 heavy (non-hydrogen) atoms. The zero-order valence-corrected chi connectivity index (χ0v) is 26.7. The number of ether oxygens (including phenoxy) is 1. The molecule has 4 heterocycles. The Bertz CT molecular complexity index is 1650. The largest absolute Gasteiger partial charge is 0.496 e. The van der Waals surface area contributed by atoms with Crippen LogP contribution in [0.25, 0.3) is 15.2 Å². The van der Waals surface area contributed by atoms with Gasteiger partial charge >= 0.3 is 5.69 Å². The van der Waals surface area contributed by atoms with E-state index < -0.39 is 16.8 Å². The molecule has 0 radical (unpaired) electrons. The first-order valence-corrected chi connectivity index (χ1v) is 15.2. The zero-order chi connectivity index (χ0) is 30.6. The van der Waals surface area contributed by atoms with Gasteiger partial charge in [-0.05, 0) is 84.5 Å². The Morgan fingerprint density at radius 3 is 2.40 bits per heavy atom. The molecule has 10 nitrogen and oxygen atoms in total. The summed E-state index contributed by atoms with van der Waals surface area (Å²) < 4.78 is 14.4. The second kappa shape index (κ2) is 13.3. The van der Waals surface area contributed by atoms with Crippen LogP contribution >= 0.6 is 24.2 Å². The number of aromatic nitrogens is 4. The van der Waals surface area contributed by atoms with Crippen molar-refractivity contribution in [3.63, 3.8) is 0 Å². The average molecular weight is 614 g/mol. The van der Waals surface area contributed by atoms with Gasteiger partial charge in [-0.25, -0.2) is 14.0 Å². The molecule has 1 aliphatic rings. The molecule has 0 N–H and O–H groups in total. The second-order valence-electron chi connectivity index (χ2n) is 11.0. The maximum atomic E-state index is 14.1. The van der Waals surface area contributed by atoms with E-state index in [9.17, 15) is 14.4 Å². The number of nitrogens with zero attached hydrogens (tertiary/aromatic N) is 5. The zero-order valence-electron chi connectivity index (χ0n) is 25.0. The Labute approximate surface area is 255 Å². The van der Waals surface area contributed by atoms with E-state index in [2.05, 4.69) is 22.2 Å². The predicted octanol–water partition coefficient (Wildman–Crippen LogP) is 4.58. The third kappa shape index (κ3) is 6.20. The molecule has 1 aromatic carbocycles. The fourth-order valence-corrected chi connectivity index (χ4v) is 6.44. The van der Waals surface area contributed by atoms with Crippen molar-refractivity contribution >= 4 is 40.4 Å². The lowest BCUT2D eigenvalue weighted by Gasteiger charge is -2.31. The normalized spacial score (nSPS) is 13.5. The van der Waals surface area contributed by atoms with E-state index in [-0.39, 0.29) is 12.0 Å². The van der Waals surface area contributed by atoms with Crippen LogP contribution in [0, 0.1) is 6.92 Å².